The molecular formula is C13H13NO4. The van der Waals surface area contributed by atoms with Gasteiger partial charge in [0.1, 0.15) is 5.78 Å². The molecule has 1 fully saturated rings. The van der Waals surface area contributed by atoms with E-state index in [0.717, 1.165) is 0 Å². The Labute approximate surface area is 104 Å². The topological polar surface area (TPSA) is 77.3 Å². The quantitative estimate of drug-likeness (QED) is 0.462. The molecule has 1 aliphatic rings. The molecule has 2 atom stereocenters. The second kappa shape index (κ2) is 5.08. The van der Waals surface area contributed by atoms with E-state index in [-0.39, 0.29) is 12.2 Å². The third kappa shape index (κ3) is 2.45. The highest BCUT2D eigenvalue weighted by atomic mass is 16.6. The molecule has 0 bridgehead atoms. The van der Waals surface area contributed by atoms with Crippen LogP contribution in [0.2, 0.25) is 0 Å². The number of rotatable bonds is 4. The Morgan fingerprint density at radius 1 is 1.33 bits per heavy atom. The lowest BCUT2D eigenvalue weighted by atomic mass is 9.91. The number of Topliss-reactive ketones (excluding diaryl/α,β-unsaturated/α-hetero) is 2. The van der Waals surface area contributed by atoms with Crippen molar-refractivity contribution in [1.82, 2.24) is 0 Å². The minimum absolute atomic E-state index is 0.00714. The van der Waals surface area contributed by atoms with Gasteiger partial charge in [0.25, 0.3) is 6.04 Å². The average Bonchev–Trinajstić information content (AvgIpc) is 2.76. The van der Waals surface area contributed by atoms with Crippen LogP contribution in [-0.4, -0.2) is 22.5 Å². The van der Waals surface area contributed by atoms with Crippen molar-refractivity contribution in [3.8, 4) is 0 Å². The van der Waals surface area contributed by atoms with Crippen LogP contribution in [0.3, 0.4) is 0 Å². The third-order valence-electron chi connectivity index (χ3n) is 3.28. The first kappa shape index (κ1) is 12.4. The van der Waals surface area contributed by atoms with Crippen LogP contribution in [-0.2, 0) is 4.79 Å². The second-order valence-corrected chi connectivity index (χ2v) is 4.50. The molecule has 1 saturated carbocycles. The molecule has 94 valence electrons. The highest BCUT2D eigenvalue weighted by Gasteiger charge is 2.42. The monoisotopic (exact) mass is 247 g/mol. The summed E-state index contributed by atoms with van der Waals surface area (Å²) >= 11 is 0. The fourth-order valence-corrected chi connectivity index (χ4v) is 2.37. The molecule has 2 rings (SSSR count). The second-order valence-electron chi connectivity index (χ2n) is 4.50. The first-order valence-electron chi connectivity index (χ1n) is 5.84. The first-order valence-corrected chi connectivity index (χ1v) is 5.84. The molecule has 1 aliphatic carbocycles. The molecule has 2 unspecified atom stereocenters. The van der Waals surface area contributed by atoms with E-state index in [0.29, 0.717) is 18.4 Å². The maximum atomic E-state index is 12.1. The molecule has 1 aromatic rings. The zero-order valence-corrected chi connectivity index (χ0v) is 9.74. The van der Waals surface area contributed by atoms with Crippen molar-refractivity contribution in [1.29, 1.82) is 0 Å². The van der Waals surface area contributed by atoms with Gasteiger partial charge in [-0.05, 0) is 6.42 Å². The summed E-state index contributed by atoms with van der Waals surface area (Å²) in [4.78, 5) is 33.9. The Balaban J connectivity index is 2.23. The van der Waals surface area contributed by atoms with Gasteiger partial charge in [-0.2, -0.15) is 0 Å². The molecular weight excluding hydrogens is 234 g/mol. The minimum atomic E-state index is -1.29. The molecule has 0 heterocycles. The fourth-order valence-electron chi connectivity index (χ4n) is 2.37. The molecule has 5 heteroatoms. The van der Waals surface area contributed by atoms with Crippen molar-refractivity contribution >= 4 is 11.6 Å². The van der Waals surface area contributed by atoms with Crippen LogP contribution in [0.25, 0.3) is 0 Å². The summed E-state index contributed by atoms with van der Waals surface area (Å²) in [7, 11) is 0. The number of nitro groups is 1. The third-order valence-corrected chi connectivity index (χ3v) is 3.28. The van der Waals surface area contributed by atoms with E-state index in [4.69, 9.17) is 0 Å². The summed E-state index contributed by atoms with van der Waals surface area (Å²) in [6.07, 6.45) is 0.921. The molecule has 0 radical (unpaired) electrons. The zero-order chi connectivity index (χ0) is 13.1. The lowest BCUT2D eigenvalue weighted by molar-refractivity contribution is -0.513. The minimum Gasteiger partial charge on any atom is -0.300 e. The van der Waals surface area contributed by atoms with Gasteiger partial charge in [0.15, 0.2) is 0 Å². The number of carbonyl (C=O) groups is 2. The van der Waals surface area contributed by atoms with Crippen LogP contribution in [0.4, 0.5) is 0 Å². The number of nitrogens with zero attached hydrogens (tertiary/aromatic N) is 1. The highest BCUT2D eigenvalue weighted by Crippen LogP contribution is 2.28. The van der Waals surface area contributed by atoms with Crippen molar-refractivity contribution in [2.24, 2.45) is 5.92 Å². The SMILES string of the molecule is O=C1CCC(C(C(=O)c2ccccc2)[N+](=O)[O-])C1. The summed E-state index contributed by atoms with van der Waals surface area (Å²) in [5, 5.41) is 11.1. The van der Waals surface area contributed by atoms with Crippen LogP contribution < -0.4 is 0 Å². The van der Waals surface area contributed by atoms with Crippen molar-refractivity contribution in [2.45, 2.75) is 25.3 Å². The molecule has 0 amide bonds. The Morgan fingerprint density at radius 3 is 2.50 bits per heavy atom. The lowest BCUT2D eigenvalue weighted by Crippen LogP contribution is -2.36. The van der Waals surface area contributed by atoms with Gasteiger partial charge in [0.2, 0.25) is 5.78 Å². The normalized spacial score (nSPS) is 20.7. The fraction of sp³-hybridized carbons (Fsp3) is 0.385. The van der Waals surface area contributed by atoms with E-state index in [2.05, 4.69) is 0 Å². The van der Waals surface area contributed by atoms with E-state index in [1.807, 2.05) is 0 Å². The largest absolute Gasteiger partial charge is 0.300 e. The van der Waals surface area contributed by atoms with Crippen molar-refractivity contribution in [3.63, 3.8) is 0 Å². The van der Waals surface area contributed by atoms with Gasteiger partial charge in [0.05, 0.1) is 0 Å². The van der Waals surface area contributed by atoms with Gasteiger partial charge < -0.3 is 0 Å². The standard InChI is InChI=1S/C13H13NO4/c15-11-7-6-10(8-11)12(14(17)18)13(16)9-4-2-1-3-5-9/h1-5,10,12H,6-8H2. The number of hydrogen-bond acceptors (Lipinski definition) is 4. The van der Waals surface area contributed by atoms with Gasteiger partial charge in [0, 0.05) is 29.2 Å². The summed E-state index contributed by atoms with van der Waals surface area (Å²) in [5.41, 5.74) is 0.332. The zero-order valence-electron chi connectivity index (χ0n) is 9.74. The molecule has 0 N–H and O–H groups in total. The van der Waals surface area contributed by atoms with Gasteiger partial charge in [-0.1, -0.05) is 30.3 Å². The molecule has 0 aromatic heterocycles. The van der Waals surface area contributed by atoms with Crippen molar-refractivity contribution < 1.29 is 14.5 Å². The number of benzene rings is 1. The molecule has 0 aliphatic heterocycles. The van der Waals surface area contributed by atoms with E-state index in [9.17, 15) is 19.7 Å². The van der Waals surface area contributed by atoms with E-state index in [1.54, 1.807) is 30.3 Å². The maximum absolute atomic E-state index is 12.1. The van der Waals surface area contributed by atoms with E-state index < -0.39 is 22.7 Å². The highest BCUT2D eigenvalue weighted by molar-refractivity contribution is 6.00. The predicted octanol–water partition coefficient (Wildman–Crippen LogP) is 1.88. The van der Waals surface area contributed by atoms with Crippen molar-refractivity contribution in [2.75, 3.05) is 0 Å². The van der Waals surface area contributed by atoms with Gasteiger partial charge in [-0.15, -0.1) is 0 Å². The summed E-state index contributed by atoms with van der Waals surface area (Å²) in [5.74, 6) is -0.951. The van der Waals surface area contributed by atoms with E-state index in [1.165, 1.54) is 0 Å². The Kier molecular flexibility index (Phi) is 3.50. The predicted molar refractivity (Wildman–Crippen MR) is 63.9 cm³/mol. The Morgan fingerprint density at radius 2 is 2.00 bits per heavy atom. The molecule has 0 spiro atoms. The van der Waals surface area contributed by atoms with Crippen LogP contribution in [0.5, 0.6) is 0 Å². The summed E-state index contributed by atoms with van der Waals surface area (Å²) in [6.45, 7) is 0. The average molecular weight is 247 g/mol. The first-order chi connectivity index (χ1) is 8.59. The van der Waals surface area contributed by atoms with Crippen LogP contribution >= 0.6 is 0 Å². The van der Waals surface area contributed by atoms with Gasteiger partial charge in [-0.3, -0.25) is 19.7 Å². The molecule has 18 heavy (non-hydrogen) atoms. The number of carbonyl (C=O) groups excluding carboxylic acids is 2. The Bertz CT molecular complexity index is 483. The van der Waals surface area contributed by atoms with Crippen LogP contribution in [0.15, 0.2) is 30.3 Å². The van der Waals surface area contributed by atoms with Gasteiger partial charge in [-0.25, -0.2) is 0 Å². The Hall–Kier alpha value is -2.04. The maximum Gasteiger partial charge on any atom is 0.278 e. The smallest absolute Gasteiger partial charge is 0.278 e. The summed E-state index contributed by atoms with van der Waals surface area (Å²) < 4.78 is 0. The summed E-state index contributed by atoms with van der Waals surface area (Å²) in [6, 6.07) is 6.93. The number of hydrogen-bond donors (Lipinski definition) is 0. The van der Waals surface area contributed by atoms with Crippen LogP contribution in [0.1, 0.15) is 29.6 Å². The van der Waals surface area contributed by atoms with E-state index >= 15 is 0 Å². The molecule has 5 nitrogen and oxygen atoms in total. The number of ketones is 2. The molecule has 0 saturated heterocycles. The lowest BCUT2D eigenvalue weighted by Gasteiger charge is -2.13. The van der Waals surface area contributed by atoms with Crippen molar-refractivity contribution in [3.05, 3.63) is 46.0 Å². The molecule has 1 aromatic carbocycles. The van der Waals surface area contributed by atoms with Gasteiger partial charge >= 0.3 is 0 Å². The van der Waals surface area contributed by atoms with Crippen LogP contribution in [0, 0.1) is 16.0 Å².